The van der Waals surface area contributed by atoms with Gasteiger partial charge in [0.05, 0.1) is 5.25 Å². The topological polar surface area (TPSA) is 26.0 Å². The van der Waals surface area contributed by atoms with Gasteiger partial charge in [-0.15, -0.1) is 11.3 Å². The van der Waals surface area contributed by atoms with Gasteiger partial charge in [0.1, 0.15) is 0 Å². The van der Waals surface area contributed by atoms with Gasteiger partial charge in [-0.1, -0.05) is 19.9 Å². The van der Waals surface area contributed by atoms with E-state index in [4.69, 9.17) is 5.73 Å². The van der Waals surface area contributed by atoms with Crippen LogP contribution >= 0.6 is 23.1 Å². The molecule has 1 rings (SSSR count). The van der Waals surface area contributed by atoms with Crippen molar-refractivity contribution in [1.29, 1.82) is 0 Å². The lowest BCUT2D eigenvalue weighted by Gasteiger charge is -2.13. The van der Waals surface area contributed by atoms with Crippen LogP contribution in [0.1, 0.15) is 24.0 Å². The molecule has 0 bridgehead atoms. The smallest absolute Gasteiger partial charge is 0.0513 e. The van der Waals surface area contributed by atoms with E-state index in [1.807, 2.05) is 11.8 Å². The molecule has 0 aliphatic carbocycles. The van der Waals surface area contributed by atoms with Crippen LogP contribution in [0.3, 0.4) is 0 Å². The summed E-state index contributed by atoms with van der Waals surface area (Å²) in [6, 6.07) is 4.27. The molecule has 0 aromatic carbocycles. The third kappa shape index (κ3) is 3.71. The summed E-state index contributed by atoms with van der Waals surface area (Å²) in [6.45, 7) is 5.24. The SMILES string of the molecule is CC(C)CSC(CN)c1cccs1. The molecule has 1 unspecified atom stereocenters. The Balaban J connectivity index is 2.44. The van der Waals surface area contributed by atoms with Gasteiger partial charge in [0.25, 0.3) is 0 Å². The van der Waals surface area contributed by atoms with E-state index in [9.17, 15) is 0 Å². The Bertz CT molecular complexity index is 219. The number of hydrogen-bond donors (Lipinski definition) is 1. The van der Waals surface area contributed by atoms with Crippen LogP contribution in [0.15, 0.2) is 17.5 Å². The average molecular weight is 215 g/mol. The van der Waals surface area contributed by atoms with Crippen molar-refractivity contribution in [2.45, 2.75) is 19.1 Å². The molecule has 0 fully saturated rings. The maximum Gasteiger partial charge on any atom is 0.0513 e. The van der Waals surface area contributed by atoms with Crippen molar-refractivity contribution in [2.75, 3.05) is 12.3 Å². The zero-order valence-corrected chi connectivity index (χ0v) is 9.83. The zero-order valence-electron chi connectivity index (χ0n) is 8.19. The molecule has 0 aliphatic rings. The second-order valence-electron chi connectivity index (χ2n) is 3.47. The highest BCUT2D eigenvalue weighted by Crippen LogP contribution is 2.31. The summed E-state index contributed by atoms with van der Waals surface area (Å²) in [6.07, 6.45) is 0. The Morgan fingerprint density at radius 3 is 2.77 bits per heavy atom. The predicted molar refractivity (Wildman–Crippen MR) is 63.4 cm³/mol. The second-order valence-corrected chi connectivity index (χ2v) is 5.68. The van der Waals surface area contributed by atoms with Gasteiger partial charge in [-0.2, -0.15) is 11.8 Å². The Hall–Kier alpha value is 0.01000. The molecule has 0 radical (unpaired) electrons. The molecule has 1 aromatic heterocycles. The average Bonchev–Trinajstić information content (AvgIpc) is 2.58. The quantitative estimate of drug-likeness (QED) is 0.816. The molecule has 1 aromatic rings. The first-order valence-corrected chi connectivity index (χ1v) is 6.52. The standard InChI is InChI=1S/C10H17NS2/c1-8(2)7-13-10(6-11)9-4-3-5-12-9/h3-5,8,10H,6-7,11H2,1-2H3. The van der Waals surface area contributed by atoms with Crippen LogP contribution < -0.4 is 5.73 Å². The summed E-state index contributed by atoms with van der Waals surface area (Å²) in [5.41, 5.74) is 5.74. The fourth-order valence-electron chi connectivity index (χ4n) is 1.05. The van der Waals surface area contributed by atoms with Gasteiger partial charge < -0.3 is 5.73 Å². The highest BCUT2D eigenvalue weighted by molar-refractivity contribution is 7.99. The van der Waals surface area contributed by atoms with Gasteiger partial charge in [0, 0.05) is 11.4 Å². The van der Waals surface area contributed by atoms with E-state index in [1.54, 1.807) is 11.3 Å². The normalized spacial score (nSPS) is 13.5. The maximum absolute atomic E-state index is 5.74. The Labute approximate surface area is 88.7 Å². The molecular weight excluding hydrogens is 198 g/mol. The number of hydrogen-bond acceptors (Lipinski definition) is 3. The molecule has 1 atom stereocenters. The van der Waals surface area contributed by atoms with Gasteiger partial charge in [-0.3, -0.25) is 0 Å². The van der Waals surface area contributed by atoms with Crippen molar-refractivity contribution >= 4 is 23.1 Å². The molecule has 3 heteroatoms. The van der Waals surface area contributed by atoms with Crippen molar-refractivity contribution in [1.82, 2.24) is 0 Å². The Kier molecular flexibility index (Phi) is 4.84. The molecule has 2 N–H and O–H groups in total. The molecule has 0 saturated heterocycles. The molecule has 0 spiro atoms. The van der Waals surface area contributed by atoms with Crippen LogP contribution in [-0.2, 0) is 0 Å². The van der Waals surface area contributed by atoms with Crippen LogP contribution in [0.2, 0.25) is 0 Å². The first-order chi connectivity index (χ1) is 6.24. The summed E-state index contributed by atoms with van der Waals surface area (Å²) < 4.78 is 0. The van der Waals surface area contributed by atoms with Gasteiger partial charge >= 0.3 is 0 Å². The van der Waals surface area contributed by atoms with Crippen LogP contribution in [0.25, 0.3) is 0 Å². The molecule has 1 nitrogen and oxygen atoms in total. The van der Waals surface area contributed by atoms with Gasteiger partial charge in [0.15, 0.2) is 0 Å². The van der Waals surface area contributed by atoms with Crippen molar-refractivity contribution < 1.29 is 0 Å². The highest BCUT2D eigenvalue weighted by atomic mass is 32.2. The van der Waals surface area contributed by atoms with Crippen LogP contribution in [0, 0.1) is 5.92 Å². The minimum Gasteiger partial charge on any atom is -0.329 e. The fourth-order valence-corrected chi connectivity index (χ4v) is 3.14. The fraction of sp³-hybridized carbons (Fsp3) is 0.600. The molecule has 74 valence electrons. The number of thioether (sulfide) groups is 1. The van der Waals surface area contributed by atoms with Crippen LogP contribution in [0.5, 0.6) is 0 Å². The van der Waals surface area contributed by atoms with Crippen LogP contribution in [-0.4, -0.2) is 12.3 Å². The van der Waals surface area contributed by atoms with Crippen LogP contribution in [0.4, 0.5) is 0 Å². The molecular formula is C10H17NS2. The number of nitrogens with two attached hydrogens (primary N) is 1. The lowest BCUT2D eigenvalue weighted by Crippen LogP contribution is -2.09. The monoisotopic (exact) mass is 215 g/mol. The van der Waals surface area contributed by atoms with Crippen molar-refractivity contribution in [2.24, 2.45) is 11.7 Å². The van der Waals surface area contributed by atoms with Crippen molar-refractivity contribution in [3.8, 4) is 0 Å². The summed E-state index contributed by atoms with van der Waals surface area (Å²) in [5.74, 6) is 1.94. The lowest BCUT2D eigenvalue weighted by molar-refractivity contribution is 0.747. The summed E-state index contributed by atoms with van der Waals surface area (Å²) >= 11 is 3.78. The largest absolute Gasteiger partial charge is 0.329 e. The summed E-state index contributed by atoms with van der Waals surface area (Å²) in [7, 11) is 0. The third-order valence-electron chi connectivity index (χ3n) is 1.71. The van der Waals surface area contributed by atoms with E-state index in [1.165, 1.54) is 10.6 Å². The van der Waals surface area contributed by atoms with E-state index < -0.39 is 0 Å². The summed E-state index contributed by atoms with van der Waals surface area (Å²) in [5, 5.41) is 2.62. The first kappa shape index (κ1) is 11.1. The van der Waals surface area contributed by atoms with Gasteiger partial charge in [-0.25, -0.2) is 0 Å². The third-order valence-corrected chi connectivity index (χ3v) is 4.55. The minimum atomic E-state index is 0.502. The van der Waals surface area contributed by atoms with E-state index in [0.29, 0.717) is 5.25 Å². The van der Waals surface area contributed by atoms with Crippen molar-refractivity contribution in [3.05, 3.63) is 22.4 Å². The molecule has 13 heavy (non-hydrogen) atoms. The minimum absolute atomic E-state index is 0.502. The molecule has 0 saturated carbocycles. The number of thiophene rings is 1. The van der Waals surface area contributed by atoms with Gasteiger partial charge in [0.2, 0.25) is 0 Å². The van der Waals surface area contributed by atoms with E-state index in [-0.39, 0.29) is 0 Å². The Morgan fingerprint density at radius 2 is 2.31 bits per heavy atom. The molecule has 0 amide bonds. The first-order valence-electron chi connectivity index (χ1n) is 4.59. The predicted octanol–water partition coefficient (Wildman–Crippen LogP) is 3.14. The molecule has 1 heterocycles. The van der Waals surface area contributed by atoms with E-state index in [0.717, 1.165) is 12.5 Å². The number of rotatable bonds is 5. The Morgan fingerprint density at radius 1 is 1.54 bits per heavy atom. The molecule has 0 aliphatic heterocycles. The lowest BCUT2D eigenvalue weighted by atomic mass is 10.3. The second kappa shape index (κ2) is 5.68. The van der Waals surface area contributed by atoms with E-state index >= 15 is 0 Å². The van der Waals surface area contributed by atoms with E-state index in [2.05, 4.69) is 31.4 Å². The summed E-state index contributed by atoms with van der Waals surface area (Å²) in [4.78, 5) is 1.41. The maximum atomic E-state index is 5.74. The van der Waals surface area contributed by atoms with Gasteiger partial charge in [-0.05, 0) is 23.1 Å². The van der Waals surface area contributed by atoms with Crippen molar-refractivity contribution in [3.63, 3.8) is 0 Å². The zero-order chi connectivity index (χ0) is 9.68. The highest BCUT2D eigenvalue weighted by Gasteiger charge is 2.11.